The average molecular weight is 356 g/mol. The van der Waals surface area contributed by atoms with Crippen molar-refractivity contribution < 1.29 is 26.7 Å². The van der Waals surface area contributed by atoms with Crippen LogP contribution in [0.15, 0.2) is 42.5 Å². The molecule has 3 nitrogen and oxygen atoms in total. The summed E-state index contributed by atoms with van der Waals surface area (Å²) < 4.78 is 67.8. The second-order valence-corrected chi connectivity index (χ2v) is 5.85. The van der Waals surface area contributed by atoms with E-state index in [1.807, 2.05) is 5.32 Å². The molecule has 0 saturated carbocycles. The van der Waals surface area contributed by atoms with Crippen molar-refractivity contribution >= 4 is 11.7 Å². The lowest BCUT2D eigenvalue weighted by Crippen LogP contribution is -2.57. The number of anilines is 1. The third-order valence-corrected chi connectivity index (χ3v) is 4.28. The van der Waals surface area contributed by atoms with Gasteiger partial charge >= 0.3 is 12.2 Å². The van der Waals surface area contributed by atoms with Crippen LogP contribution in [0.4, 0.5) is 32.4 Å². The molecule has 0 radical (unpaired) electrons. The van der Waals surface area contributed by atoms with E-state index in [1.165, 1.54) is 19.1 Å². The van der Waals surface area contributed by atoms with E-state index in [9.17, 15) is 26.7 Å². The number of hydrogen-bond acceptors (Lipinski definition) is 1. The van der Waals surface area contributed by atoms with Crippen LogP contribution in [0.5, 0.6) is 0 Å². The lowest BCUT2D eigenvalue weighted by molar-refractivity contribution is -0.147. The smallest absolute Gasteiger partial charge is 0.305 e. The van der Waals surface area contributed by atoms with E-state index in [1.54, 1.807) is 18.2 Å². The van der Waals surface area contributed by atoms with Crippen LogP contribution in [0.3, 0.4) is 0 Å². The molecule has 1 aliphatic heterocycles. The number of carbonyl (C=O) groups is 1. The molecule has 2 aromatic carbocycles. The van der Waals surface area contributed by atoms with Crippen LogP contribution in [0.25, 0.3) is 0 Å². The number of fused-ring (bicyclic) bond motifs is 1. The summed E-state index contributed by atoms with van der Waals surface area (Å²) in [5, 5.41) is 2.04. The molecule has 1 atom stereocenters. The van der Waals surface area contributed by atoms with E-state index >= 15 is 0 Å². The second-order valence-electron chi connectivity index (χ2n) is 5.85. The zero-order valence-electron chi connectivity index (χ0n) is 13.0. The Kier molecular flexibility index (Phi) is 3.93. The van der Waals surface area contributed by atoms with Gasteiger partial charge in [-0.2, -0.15) is 13.2 Å². The zero-order chi connectivity index (χ0) is 18.4. The van der Waals surface area contributed by atoms with Gasteiger partial charge in [-0.25, -0.2) is 13.6 Å². The SMILES string of the molecule is CC1(c2ccccc2)c2c(F)ccc(F)c2NC(=O)N1CC(F)(F)F. The summed E-state index contributed by atoms with van der Waals surface area (Å²) in [6.07, 6.45) is -4.71. The summed E-state index contributed by atoms with van der Waals surface area (Å²) in [6, 6.07) is 8.17. The highest BCUT2D eigenvalue weighted by Gasteiger charge is 2.50. The minimum absolute atomic E-state index is 0.236. The molecule has 0 bridgehead atoms. The Hall–Kier alpha value is -2.64. The summed E-state index contributed by atoms with van der Waals surface area (Å²) in [7, 11) is 0. The Labute approximate surface area is 140 Å². The topological polar surface area (TPSA) is 32.3 Å². The van der Waals surface area contributed by atoms with Crippen LogP contribution < -0.4 is 5.32 Å². The minimum Gasteiger partial charge on any atom is -0.305 e. The van der Waals surface area contributed by atoms with E-state index < -0.39 is 41.6 Å². The van der Waals surface area contributed by atoms with Crippen LogP contribution in [-0.4, -0.2) is 23.7 Å². The number of benzene rings is 2. The number of carbonyl (C=O) groups excluding carboxylic acids is 1. The molecular formula is C17H13F5N2O. The van der Waals surface area contributed by atoms with E-state index in [0.29, 0.717) is 4.90 Å². The van der Waals surface area contributed by atoms with Crippen molar-refractivity contribution in [1.82, 2.24) is 4.90 Å². The van der Waals surface area contributed by atoms with Crippen LogP contribution >= 0.6 is 0 Å². The van der Waals surface area contributed by atoms with Crippen molar-refractivity contribution in [1.29, 1.82) is 0 Å². The summed E-state index contributed by atoms with van der Waals surface area (Å²) >= 11 is 0. The van der Waals surface area contributed by atoms with E-state index in [0.717, 1.165) is 12.1 Å². The number of rotatable bonds is 2. The van der Waals surface area contributed by atoms with E-state index in [2.05, 4.69) is 0 Å². The lowest BCUT2D eigenvalue weighted by Gasteiger charge is -2.46. The highest BCUT2D eigenvalue weighted by atomic mass is 19.4. The molecule has 0 spiro atoms. The molecule has 1 N–H and O–H groups in total. The maximum absolute atomic E-state index is 14.5. The maximum atomic E-state index is 14.5. The predicted molar refractivity (Wildman–Crippen MR) is 81.0 cm³/mol. The van der Waals surface area contributed by atoms with E-state index in [4.69, 9.17) is 0 Å². The largest absolute Gasteiger partial charge is 0.406 e. The first-order valence-electron chi connectivity index (χ1n) is 7.34. The Morgan fingerprint density at radius 1 is 1.04 bits per heavy atom. The van der Waals surface area contributed by atoms with Gasteiger partial charge in [0.1, 0.15) is 18.2 Å². The van der Waals surface area contributed by atoms with Gasteiger partial charge in [0, 0.05) is 5.56 Å². The van der Waals surface area contributed by atoms with Crippen molar-refractivity contribution in [2.45, 2.75) is 18.6 Å². The number of urea groups is 1. The summed E-state index contributed by atoms with van der Waals surface area (Å²) in [6.45, 7) is -0.339. The quantitative estimate of drug-likeness (QED) is 0.782. The van der Waals surface area contributed by atoms with Gasteiger partial charge < -0.3 is 10.2 Å². The second kappa shape index (κ2) is 5.72. The predicted octanol–water partition coefficient (Wildman–Crippen LogP) is 4.64. The number of halogens is 5. The standard InChI is InChI=1S/C17H13F5N2O/c1-16(10-5-3-2-4-6-10)13-11(18)7-8-12(19)14(13)23-15(25)24(16)9-17(20,21)22/h2-8H,9H2,1H3,(H,23,25). The molecule has 0 aromatic heterocycles. The first kappa shape index (κ1) is 17.2. The van der Waals surface area contributed by atoms with Crippen molar-refractivity contribution in [3.63, 3.8) is 0 Å². The molecule has 0 saturated heterocycles. The monoisotopic (exact) mass is 356 g/mol. The molecule has 3 rings (SSSR count). The van der Waals surface area contributed by atoms with Gasteiger partial charge in [-0.1, -0.05) is 30.3 Å². The van der Waals surface area contributed by atoms with Gasteiger partial charge in [-0.3, -0.25) is 0 Å². The first-order valence-corrected chi connectivity index (χ1v) is 7.34. The number of amides is 2. The molecule has 25 heavy (non-hydrogen) atoms. The molecule has 2 aromatic rings. The molecule has 1 heterocycles. The molecular weight excluding hydrogens is 343 g/mol. The number of hydrogen-bond donors (Lipinski definition) is 1. The Morgan fingerprint density at radius 2 is 1.64 bits per heavy atom. The Balaban J connectivity index is 2.31. The van der Waals surface area contributed by atoms with Crippen molar-refractivity contribution in [3.05, 3.63) is 65.2 Å². The normalized spacial score (nSPS) is 20.2. The Morgan fingerprint density at radius 3 is 2.24 bits per heavy atom. The number of alkyl halides is 3. The number of nitrogens with zero attached hydrogens (tertiary/aromatic N) is 1. The third kappa shape index (κ3) is 2.81. The van der Waals surface area contributed by atoms with Gasteiger partial charge in [-0.05, 0) is 24.6 Å². The highest BCUT2D eigenvalue weighted by molar-refractivity contribution is 5.94. The van der Waals surface area contributed by atoms with Crippen molar-refractivity contribution in [2.75, 3.05) is 11.9 Å². The highest BCUT2D eigenvalue weighted by Crippen LogP contribution is 2.46. The molecule has 1 unspecified atom stereocenters. The van der Waals surface area contributed by atoms with Gasteiger partial charge in [0.2, 0.25) is 0 Å². The minimum atomic E-state index is -4.71. The lowest BCUT2D eigenvalue weighted by atomic mass is 9.80. The maximum Gasteiger partial charge on any atom is 0.406 e. The molecule has 1 aliphatic rings. The fraction of sp³-hybridized carbons (Fsp3) is 0.235. The third-order valence-electron chi connectivity index (χ3n) is 4.28. The molecule has 2 amide bonds. The van der Waals surface area contributed by atoms with Crippen LogP contribution in [0.2, 0.25) is 0 Å². The summed E-state index contributed by atoms with van der Waals surface area (Å²) in [5.41, 5.74) is -2.39. The Bertz CT molecular complexity index is 822. The van der Waals surface area contributed by atoms with Gasteiger partial charge in [0.05, 0.1) is 11.2 Å². The molecule has 0 aliphatic carbocycles. The first-order chi connectivity index (χ1) is 11.6. The van der Waals surface area contributed by atoms with Crippen LogP contribution in [-0.2, 0) is 5.54 Å². The van der Waals surface area contributed by atoms with Gasteiger partial charge in [-0.15, -0.1) is 0 Å². The average Bonchev–Trinajstić information content (AvgIpc) is 2.54. The fourth-order valence-corrected chi connectivity index (χ4v) is 3.13. The summed E-state index contributed by atoms with van der Waals surface area (Å²) in [5.74, 6) is -1.83. The van der Waals surface area contributed by atoms with Gasteiger partial charge in [0.15, 0.2) is 0 Å². The van der Waals surface area contributed by atoms with Crippen LogP contribution in [0.1, 0.15) is 18.1 Å². The zero-order valence-corrected chi connectivity index (χ0v) is 13.0. The molecule has 8 heteroatoms. The van der Waals surface area contributed by atoms with E-state index in [-0.39, 0.29) is 11.1 Å². The van der Waals surface area contributed by atoms with Crippen LogP contribution in [0, 0.1) is 11.6 Å². The number of nitrogens with one attached hydrogen (secondary N) is 1. The molecule has 0 fully saturated rings. The van der Waals surface area contributed by atoms with Crippen molar-refractivity contribution in [3.8, 4) is 0 Å². The van der Waals surface area contributed by atoms with Crippen molar-refractivity contribution in [2.24, 2.45) is 0 Å². The van der Waals surface area contributed by atoms with Gasteiger partial charge in [0.25, 0.3) is 0 Å². The summed E-state index contributed by atoms with van der Waals surface area (Å²) in [4.78, 5) is 12.8. The molecule has 132 valence electrons. The fourth-order valence-electron chi connectivity index (χ4n) is 3.13.